The highest BCUT2D eigenvalue weighted by molar-refractivity contribution is 4.62. The number of morpholine rings is 1. The Morgan fingerprint density at radius 3 is 1.08 bits per heavy atom. The molecule has 0 spiro atoms. The fraction of sp³-hybridized carbons (Fsp3) is 1.00. The molecular formula is C20H43N3O. The van der Waals surface area contributed by atoms with Crippen LogP contribution in [-0.4, -0.2) is 86.8 Å². The third-order valence-corrected chi connectivity index (χ3v) is 5.34. The van der Waals surface area contributed by atoms with Gasteiger partial charge in [-0.25, -0.2) is 0 Å². The summed E-state index contributed by atoms with van der Waals surface area (Å²) in [6.07, 6.45) is 8.61. The summed E-state index contributed by atoms with van der Waals surface area (Å²) in [6, 6.07) is 0. The van der Waals surface area contributed by atoms with Gasteiger partial charge in [0.1, 0.15) is 0 Å². The second-order valence-corrected chi connectivity index (χ2v) is 7.04. The standard InChI is InChI=1S/2C7H15N.C6H13NO/c2*1-2-8-6-4-3-5-7-8;1-2-7-3-5-8-6-4-7/h2*2-7H2,1H3;2-6H2,1H3. The molecule has 0 saturated carbocycles. The zero-order valence-corrected chi connectivity index (χ0v) is 16.8. The second-order valence-electron chi connectivity index (χ2n) is 7.04. The van der Waals surface area contributed by atoms with Crippen molar-refractivity contribution in [3.8, 4) is 0 Å². The molecular weight excluding hydrogens is 298 g/mol. The predicted molar refractivity (Wildman–Crippen MR) is 105 cm³/mol. The Labute approximate surface area is 151 Å². The van der Waals surface area contributed by atoms with Crippen molar-refractivity contribution in [1.29, 1.82) is 0 Å². The van der Waals surface area contributed by atoms with Gasteiger partial charge in [-0.3, -0.25) is 4.90 Å². The SMILES string of the molecule is CCN1CCCCC1.CCN1CCCCC1.CCN1CCOCC1. The van der Waals surface area contributed by atoms with E-state index in [1.165, 1.54) is 84.3 Å². The Morgan fingerprint density at radius 1 is 0.500 bits per heavy atom. The van der Waals surface area contributed by atoms with E-state index in [1.807, 2.05) is 0 Å². The van der Waals surface area contributed by atoms with E-state index >= 15 is 0 Å². The van der Waals surface area contributed by atoms with Gasteiger partial charge in [-0.15, -0.1) is 0 Å². The number of hydrogen-bond donors (Lipinski definition) is 0. The number of ether oxygens (including phenoxy) is 1. The molecule has 0 bridgehead atoms. The van der Waals surface area contributed by atoms with Crippen LogP contribution in [0.3, 0.4) is 0 Å². The van der Waals surface area contributed by atoms with Crippen molar-refractivity contribution in [2.75, 3.05) is 72.1 Å². The molecule has 0 aromatic carbocycles. The Kier molecular flexibility index (Phi) is 13.8. The van der Waals surface area contributed by atoms with Crippen molar-refractivity contribution < 1.29 is 4.74 Å². The maximum atomic E-state index is 5.16. The van der Waals surface area contributed by atoms with Gasteiger partial charge >= 0.3 is 0 Å². The smallest absolute Gasteiger partial charge is 0.0594 e. The summed E-state index contributed by atoms with van der Waals surface area (Å²) in [5, 5.41) is 0. The molecule has 3 heterocycles. The van der Waals surface area contributed by atoms with Gasteiger partial charge in [-0.1, -0.05) is 33.6 Å². The van der Waals surface area contributed by atoms with Crippen LogP contribution in [0.5, 0.6) is 0 Å². The summed E-state index contributed by atoms with van der Waals surface area (Å²) in [6.45, 7) is 19.8. The van der Waals surface area contributed by atoms with Crippen LogP contribution in [0.25, 0.3) is 0 Å². The molecule has 0 aromatic rings. The molecule has 3 aliphatic rings. The van der Waals surface area contributed by atoms with Gasteiger partial charge in [-0.05, 0) is 71.5 Å². The van der Waals surface area contributed by atoms with Crippen molar-refractivity contribution in [2.45, 2.75) is 59.3 Å². The molecule has 4 heteroatoms. The van der Waals surface area contributed by atoms with Crippen LogP contribution in [0.2, 0.25) is 0 Å². The maximum Gasteiger partial charge on any atom is 0.0594 e. The molecule has 0 amide bonds. The number of likely N-dealkylation sites (tertiary alicyclic amines) is 2. The van der Waals surface area contributed by atoms with Crippen molar-refractivity contribution in [3.05, 3.63) is 0 Å². The monoisotopic (exact) mass is 341 g/mol. The molecule has 0 unspecified atom stereocenters. The van der Waals surface area contributed by atoms with Crippen LogP contribution in [0.4, 0.5) is 0 Å². The van der Waals surface area contributed by atoms with Crippen LogP contribution in [0.15, 0.2) is 0 Å². The zero-order valence-electron chi connectivity index (χ0n) is 16.8. The van der Waals surface area contributed by atoms with Crippen LogP contribution in [-0.2, 0) is 4.74 Å². The third kappa shape index (κ3) is 10.7. The fourth-order valence-electron chi connectivity index (χ4n) is 3.47. The van der Waals surface area contributed by atoms with Crippen molar-refractivity contribution in [2.24, 2.45) is 0 Å². The van der Waals surface area contributed by atoms with E-state index < -0.39 is 0 Å². The van der Waals surface area contributed by atoms with Crippen LogP contribution >= 0.6 is 0 Å². The van der Waals surface area contributed by atoms with Gasteiger partial charge < -0.3 is 14.5 Å². The quantitative estimate of drug-likeness (QED) is 0.784. The van der Waals surface area contributed by atoms with Crippen molar-refractivity contribution in [1.82, 2.24) is 14.7 Å². The largest absolute Gasteiger partial charge is 0.379 e. The molecule has 3 fully saturated rings. The third-order valence-electron chi connectivity index (χ3n) is 5.34. The summed E-state index contributed by atoms with van der Waals surface area (Å²) in [5.74, 6) is 0. The molecule has 4 nitrogen and oxygen atoms in total. The predicted octanol–water partition coefficient (Wildman–Crippen LogP) is 3.32. The Morgan fingerprint density at radius 2 is 0.833 bits per heavy atom. The first-order valence-corrected chi connectivity index (χ1v) is 10.5. The van der Waals surface area contributed by atoms with E-state index in [1.54, 1.807) is 0 Å². The number of likely N-dealkylation sites (N-methyl/N-ethyl adjacent to an activating group) is 1. The number of piperidine rings is 2. The van der Waals surface area contributed by atoms with Gasteiger partial charge in [0, 0.05) is 13.1 Å². The Balaban J connectivity index is 0.000000180. The van der Waals surface area contributed by atoms with Gasteiger partial charge in [0.2, 0.25) is 0 Å². The first-order chi connectivity index (χ1) is 11.8. The molecule has 3 aliphatic heterocycles. The van der Waals surface area contributed by atoms with Gasteiger partial charge in [-0.2, -0.15) is 0 Å². The summed E-state index contributed by atoms with van der Waals surface area (Å²) in [4.78, 5) is 7.43. The first-order valence-electron chi connectivity index (χ1n) is 10.5. The maximum absolute atomic E-state index is 5.16. The van der Waals surface area contributed by atoms with Crippen molar-refractivity contribution in [3.63, 3.8) is 0 Å². The average molecular weight is 342 g/mol. The topological polar surface area (TPSA) is 19.0 Å². The number of hydrogen-bond acceptors (Lipinski definition) is 4. The van der Waals surface area contributed by atoms with Gasteiger partial charge in [0.15, 0.2) is 0 Å². The Hall–Kier alpha value is -0.160. The minimum Gasteiger partial charge on any atom is -0.379 e. The summed E-state index contributed by atoms with van der Waals surface area (Å²) < 4.78 is 5.16. The van der Waals surface area contributed by atoms with E-state index in [4.69, 9.17) is 4.74 Å². The van der Waals surface area contributed by atoms with E-state index in [2.05, 4.69) is 35.5 Å². The first kappa shape index (κ1) is 21.9. The highest BCUT2D eigenvalue weighted by Gasteiger charge is 2.07. The molecule has 0 atom stereocenters. The number of rotatable bonds is 3. The lowest BCUT2D eigenvalue weighted by Gasteiger charge is -2.24. The molecule has 0 radical (unpaired) electrons. The average Bonchev–Trinajstić information content (AvgIpc) is 2.71. The molecule has 3 saturated heterocycles. The van der Waals surface area contributed by atoms with Crippen molar-refractivity contribution >= 4 is 0 Å². The van der Waals surface area contributed by atoms with E-state index in [-0.39, 0.29) is 0 Å². The van der Waals surface area contributed by atoms with E-state index in [0.29, 0.717) is 0 Å². The lowest BCUT2D eigenvalue weighted by Crippen LogP contribution is -2.35. The molecule has 0 N–H and O–H groups in total. The minimum absolute atomic E-state index is 0.924. The summed E-state index contributed by atoms with van der Waals surface area (Å²) in [7, 11) is 0. The minimum atomic E-state index is 0.924. The molecule has 0 aromatic heterocycles. The molecule has 144 valence electrons. The van der Waals surface area contributed by atoms with Crippen LogP contribution in [0, 0.1) is 0 Å². The normalized spacial score (nSPS) is 23.6. The summed E-state index contributed by atoms with van der Waals surface area (Å²) in [5.41, 5.74) is 0. The highest BCUT2D eigenvalue weighted by atomic mass is 16.5. The van der Waals surface area contributed by atoms with Gasteiger partial charge in [0.05, 0.1) is 13.2 Å². The van der Waals surface area contributed by atoms with Crippen LogP contribution < -0.4 is 0 Å². The molecule has 24 heavy (non-hydrogen) atoms. The van der Waals surface area contributed by atoms with Gasteiger partial charge in [0.25, 0.3) is 0 Å². The highest BCUT2D eigenvalue weighted by Crippen LogP contribution is 2.07. The fourth-order valence-corrected chi connectivity index (χ4v) is 3.47. The van der Waals surface area contributed by atoms with E-state index in [9.17, 15) is 0 Å². The lowest BCUT2D eigenvalue weighted by atomic mass is 10.1. The van der Waals surface area contributed by atoms with E-state index in [0.717, 1.165) is 26.3 Å². The molecule has 3 rings (SSSR count). The lowest BCUT2D eigenvalue weighted by molar-refractivity contribution is 0.0405. The Bertz CT molecular complexity index is 215. The summed E-state index contributed by atoms with van der Waals surface area (Å²) >= 11 is 0. The van der Waals surface area contributed by atoms with Crippen LogP contribution in [0.1, 0.15) is 59.3 Å². The second kappa shape index (κ2) is 15.1. The zero-order chi connectivity index (χ0) is 17.5. The number of nitrogens with zero attached hydrogens (tertiary/aromatic N) is 3. The molecule has 0 aliphatic carbocycles.